The minimum atomic E-state index is -0.149. The zero-order valence-electron chi connectivity index (χ0n) is 11.1. The topological polar surface area (TPSA) is 70.6 Å². The molecule has 1 aliphatic heterocycles. The summed E-state index contributed by atoms with van der Waals surface area (Å²) in [6.07, 6.45) is 8.02. The zero-order valence-corrected chi connectivity index (χ0v) is 11.1. The lowest BCUT2D eigenvalue weighted by molar-refractivity contribution is -0.121. The van der Waals surface area contributed by atoms with Crippen LogP contribution in [0.3, 0.4) is 0 Å². The Morgan fingerprint density at radius 1 is 1.22 bits per heavy atom. The van der Waals surface area contributed by atoms with E-state index < -0.39 is 0 Å². The molecular weight excluding hydrogens is 230 g/mol. The van der Waals surface area contributed by atoms with Gasteiger partial charge in [0.05, 0.1) is 0 Å². The average Bonchev–Trinajstić information content (AvgIpc) is 2.38. The van der Waals surface area contributed by atoms with Crippen LogP contribution in [0.2, 0.25) is 0 Å². The molecule has 0 bridgehead atoms. The third kappa shape index (κ3) is 5.80. The summed E-state index contributed by atoms with van der Waals surface area (Å²) in [5, 5.41) is 6.59. The summed E-state index contributed by atoms with van der Waals surface area (Å²) in [5.41, 5.74) is 2.76. The lowest BCUT2D eigenvalue weighted by Crippen LogP contribution is -2.37. The second-order valence-corrected chi connectivity index (χ2v) is 4.62. The summed E-state index contributed by atoms with van der Waals surface area (Å²) < 4.78 is 0. The van der Waals surface area contributed by atoms with Gasteiger partial charge in [-0.1, -0.05) is 39.0 Å². The lowest BCUT2D eigenvalue weighted by Gasteiger charge is -2.11. The van der Waals surface area contributed by atoms with E-state index in [0.29, 0.717) is 25.1 Å². The standard InChI is InChI=1S/C13H23N3O2/c1-2-3-4-5-6-7-10-14-13(18)11-8-9-12(17)16-15-11/h2-10H2,1H3,(H,14,18)(H,16,17). The SMILES string of the molecule is CCCCCCCCNC(=O)C1=NNC(=O)CC1. The largest absolute Gasteiger partial charge is 0.351 e. The van der Waals surface area contributed by atoms with Crippen molar-refractivity contribution in [1.82, 2.24) is 10.7 Å². The fourth-order valence-corrected chi connectivity index (χ4v) is 1.85. The predicted molar refractivity (Wildman–Crippen MR) is 71.2 cm³/mol. The Balaban J connectivity index is 2.05. The maximum atomic E-state index is 11.6. The quantitative estimate of drug-likeness (QED) is 0.647. The first-order chi connectivity index (χ1) is 8.74. The van der Waals surface area contributed by atoms with Crippen LogP contribution in [0.4, 0.5) is 0 Å². The number of carbonyl (C=O) groups excluding carboxylic acids is 2. The van der Waals surface area contributed by atoms with Crippen molar-refractivity contribution < 1.29 is 9.59 Å². The molecular formula is C13H23N3O2. The number of unbranched alkanes of at least 4 members (excludes halogenated alkanes) is 5. The second kappa shape index (κ2) is 8.66. The maximum absolute atomic E-state index is 11.6. The van der Waals surface area contributed by atoms with Crippen LogP contribution in [0.5, 0.6) is 0 Å². The molecule has 0 saturated carbocycles. The van der Waals surface area contributed by atoms with E-state index in [1.807, 2.05) is 0 Å². The van der Waals surface area contributed by atoms with Gasteiger partial charge in [-0.15, -0.1) is 0 Å². The molecule has 0 aromatic heterocycles. The third-order valence-corrected chi connectivity index (χ3v) is 2.98. The summed E-state index contributed by atoms with van der Waals surface area (Å²) in [6, 6.07) is 0. The van der Waals surface area contributed by atoms with E-state index in [2.05, 4.69) is 22.8 Å². The Kier molecular flexibility index (Phi) is 7.06. The van der Waals surface area contributed by atoms with E-state index in [1.54, 1.807) is 0 Å². The van der Waals surface area contributed by atoms with Gasteiger partial charge in [-0.3, -0.25) is 9.59 Å². The maximum Gasteiger partial charge on any atom is 0.267 e. The Morgan fingerprint density at radius 2 is 1.94 bits per heavy atom. The van der Waals surface area contributed by atoms with Gasteiger partial charge in [0.15, 0.2) is 0 Å². The summed E-state index contributed by atoms with van der Waals surface area (Å²) in [6.45, 7) is 2.89. The first-order valence-corrected chi connectivity index (χ1v) is 6.87. The van der Waals surface area contributed by atoms with Crippen LogP contribution in [0.1, 0.15) is 58.3 Å². The molecule has 0 atom stereocenters. The smallest absolute Gasteiger partial charge is 0.267 e. The van der Waals surface area contributed by atoms with Gasteiger partial charge in [0, 0.05) is 19.4 Å². The lowest BCUT2D eigenvalue weighted by atomic mass is 10.1. The summed E-state index contributed by atoms with van der Waals surface area (Å²) in [4.78, 5) is 22.5. The molecule has 0 fully saturated rings. The summed E-state index contributed by atoms with van der Waals surface area (Å²) in [7, 11) is 0. The molecule has 0 unspecified atom stereocenters. The Morgan fingerprint density at radius 3 is 2.61 bits per heavy atom. The van der Waals surface area contributed by atoms with E-state index in [-0.39, 0.29) is 11.8 Å². The number of nitrogens with zero attached hydrogens (tertiary/aromatic N) is 1. The number of amides is 2. The van der Waals surface area contributed by atoms with E-state index >= 15 is 0 Å². The van der Waals surface area contributed by atoms with E-state index in [0.717, 1.165) is 12.8 Å². The Bertz CT molecular complexity index is 313. The molecule has 5 heteroatoms. The normalized spacial score (nSPS) is 14.9. The molecule has 2 amide bonds. The highest BCUT2D eigenvalue weighted by atomic mass is 16.2. The van der Waals surface area contributed by atoms with Gasteiger partial charge in [0.1, 0.15) is 5.71 Å². The van der Waals surface area contributed by atoms with Gasteiger partial charge in [-0.2, -0.15) is 5.10 Å². The summed E-state index contributed by atoms with van der Waals surface area (Å²) in [5.74, 6) is -0.272. The minimum Gasteiger partial charge on any atom is -0.351 e. The molecule has 0 saturated heterocycles. The molecule has 1 heterocycles. The van der Waals surface area contributed by atoms with Gasteiger partial charge < -0.3 is 5.32 Å². The van der Waals surface area contributed by atoms with Gasteiger partial charge in [-0.05, 0) is 6.42 Å². The Hall–Kier alpha value is -1.39. The molecule has 102 valence electrons. The van der Waals surface area contributed by atoms with Crippen molar-refractivity contribution in [3.05, 3.63) is 0 Å². The van der Waals surface area contributed by atoms with E-state index in [9.17, 15) is 9.59 Å². The van der Waals surface area contributed by atoms with Crippen molar-refractivity contribution in [2.45, 2.75) is 58.3 Å². The van der Waals surface area contributed by atoms with Crippen LogP contribution in [0.15, 0.2) is 5.10 Å². The summed E-state index contributed by atoms with van der Waals surface area (Å²) >= 11 is 0. The fourth-order valence-electron chi connectivity index (χ4n) is 1.85. The van der Waals surface area contributed by atoms with Gasteiger partial charge in [0.2, 0.25) is 5.91 Å². The minimum absolute atomic E-state index is 0.123. The first-order valence-electron chi connectivity index (χ1n) is 6.87. The molecule has 0 spiro atoms. The number of carbonyl (C=O) groups is 2. The molecule has 18 heavy (non-hydrogen) atoms. The fraction of sp³-hybridized carbons (Fsp3) is 0.769. The van der Waals surface area contributed by atoms with E-state index in [4.69, 9.17) is 0 Å². The number of nitrogens with one attached hydrogen (secondary N) is 2. The number of hydrogen-bond acceptors (Lipinski definition) is 3. The van der Waals surface area contributed by atoms with Crippen LogP contribution in [0.25, 0.3) is 0 Å². The van der Waals surface area contributed by atoms with Gasteiger partial charge in [-0.25, -0.2) is 5.43 Å². The third-order valence-electron chi connectivity index (χ3n) is 2.98. The van der Waals surface area contributed by atoms with Crippen molar-refractivity contribution in [2.24, 2.45) is 5.10 Å². The van der Waals surface area contributed by atoms with Gasteiger partial charge in [0.25, 0.3) is 5.91 Å². The monoisotopic (exact) mass is 253 g/mol. The van der Waals surface area contributed by atoms with Crippen LogP contribution in [-0.4, -0.2) is 24.1 Å². The number of hydrogen-bond donors (Lipinski definition) is 2. The molecule has 1 aliphatic rings. The highest BCUT2D eigenvalue weighted by Crippen LogP contribution is 2.04. The molecule has 0 aromatic rings. The molecule has 0 aliphatic carbocycles. The predicted octanol–water partition coefficient (Wildman–Crippen LogP) is 1.73. The van der Waals surface area contributed by atoms with Crippen molar-refractivity contribution in [3.8, 4) is 0 Å². The van der Waals surface area contributed by atoms with E-state index in [1.165, 1.54) is 25.7 Å². The number of hydrazone groups is 1. The zero-order chi connectivity index (χ0) is 13.2. The first kappa shape index (κ1) is 14.7. The molecule has 5 nitrogen and oxygen atoms in total. The van der Waals surface area contributed by atoms with Gasteiger partial charge >= 0.3 is 0 Å². The van der Waals surface area contributed by atoms with Crippen LogP contribution in [-0.2, 0) is 9.59 Å². The molecule has 0 radical (unpaired) electrons. The average molecular weight is 253 g/mol. The van der Waals surface area contributed by atoms with Crippen LogP contribution in [0, 0.1) is 0 Å². The highest BCUT2D eigenvalue weighted by molar-refractivity contribution is 6.39. The Labute approximate surface area is 108 Å². The van der Waals surface area contributed by atoms with Crippen molar-refractivity contribution >= 4 is 17.5 Å². The van der Waals surface area contributed by atoms with Crippen LogP contribution >= 0.6 is 0 Å². The van der Waals surface area contributed by atoms with Crippen LogP contribution < -0.4 is 10.7 Å². The number of rotatable bonds is 8. The molecule has 0 aromatic carbocycles. The second-order valence-electron chi connectivity index (χ2n) is 4.62. The molecule has 1 rings (SSSR count). The van der Waals surface area contributed by atoms with Crippen molar-refractivity contribution in [3.63, 3.8) is 0 Å². The highest BCUT2D eigenvalue weighted by Gasteiger charge is 2.17. The molecule has 2 N–H and O–H groups in total. The van der Waals surface area contributed by atoms with Crippen molar-refractivity contribution in [1.29, 1.82) is 0 Å². The van der Waals surface area contributed by atoms with Crippen molar-refractivity contribution in [2.75, 3.05) is 6.54 Å².